The van der Waals surface area contributed by atoms with Crippen LogP contribution in [0.4, 0.5) is 5.69 Å². The van der Waals surface area contributed by atoms with Gasteiger partial charge in [0.1, 0.15) is 0 Å². The van der Waals surface area contributed by atoms with Crippen LogP contribution in [0.25, 0.3) is 11.1 Å². The number of carbonyl (C=O) groups is 1. The Bertz CT molecular complexity index is 626. The van der Waals surface area contributed by atoms with Crippen molar-refractivity contribution < 1.29 is 9.21 Å². The molecule has 1 heterocycles. The summed E-state index contributed by atoms with van der Waals surface area (Å²) in [7, 11) is 0. The zero-order valence-electron chi connectivity index (χ0n) is 9.34. The number of hydrogen-bond acceptors (Lipinski definition) is 4. The molecule has 0 saturated carbocycles. The summed E-state index contributed by atoms with van der Waals surface area (Å²) < 4.78 is 6.40. The van der Waals surface area contributed by atoms with Crippen molar-refractivity contribution in [3.8, 4) is 0 Å². The average Bonchev–Trinajstić information content (AvgIpc) is 2.55. The van der Waals surface area contributed by atoms with Gasteiger partial charge in [-0.2, -0.15) is 0 Å². The van der Waals surface area contributed by atoms with Gasteiger partial charge in [0.05, 0.1) is 11.4 Å². The van der Waals surface area contributed by atoms with E-state index in [4.69, 9.17) is 15.9 Å². The molecule has 0 aliphatic rings. The van der Waals surface area contributed by atoms with Gasteiger partial charge in [-0.25, -0.2) is 4.79 Å². The van der Waals surface area contributed by atoms with Crippen LogP contribution in [-0.4, -0.2) is 10.5 Å². The van der Waals surface area contributed by atoms with Gasteiger partial charge >= 0.3 is 5.76 Å². The summed E-state index contributed by atoms with van der Waals surface area (Å²) in [6.45, 7) is 1.84. The molecule has 1 unspecified atom stereocenters. The van der Waals surface area contributed by atoms with Crippen molar-refractivity contribution in [1.82, 2.24) is 4.57 Å². The monoisotopic (exact) mass is 235 g/mol. The second-order valence-electron chi connectivity index (χ2n) is 4.01. The van der Waals surface area contributed by atoms with Gasteiger partial charge < -0.3 is 15.9 Å². The fraction of sp³-hybridized carbons (Fsp3) is 0.273. The highest BCUT2D eigenvalue weighted by Crippen LogP contribution is 2.17. The Balaban J connectivity index is 2.52. The van der Waals surface area contributed by atoms with Gasteiger partial charge in [0.15, 0.2) is 5.58 Å². The number of aromatic nitrogens is 1. The van der Waals surface area contributed by atoms with Gasteiger partial charge in [0, 0.05) is 12.2 Å². The van der Waals surface area contributed by atoms with Gasteiger partial charge in [0.25, 0.3) is 0 Å². The predicted octanol–water partition coefficient (Wildman–Crippen LogP) is 0.298. The normalized spacial score (nSPS) is 12.8. The Morgan fingerprint density at radius 1 is 1.53 bits per heavy atom. The van der Waals surface area contributed by atoms with Crippen LogP contribution in [0.1, 0.15) is 6.92 Å². The molecule has 0 radical (unpaired) electrons. The summed E-state index contributed by atoms with van der Waals surface area (Å²) in [5.74, 6) is -1.43. The van der Waals surface area contributed by atoms with Gasteiger partial charge in [-0.05, 0) is 18.2 Å². The van der Waals surface area contributed by atoms with E-state index in [0.29, 0.717) is 16.8 Å². The maximum absolute atomic E-state index is 11.6. The maximum Gasteiger partial charge on any atom is 0.419 e. The zero-order valence-corrected chi connectivity index (χ0v) is 9.34. The molecule has 0 bridgehead atoms. The third-order valence-electron chi connectivity index (χ3n) is 2.63. The minimum absolute atomic E-state index is 0.185. The Hall–Kier alpha value is -2.24. The lowest BCUT2D eigenvalue weighted by molar-refractivity contribution is -0.121. The highest BCUT2D eigenvalue weighted by atomic mass is 16.4. The molecule has 0 saturated heterocycles. The first-order valence-electron chi connectivity index (χ1n) is 5.17. The minimum Gasteiger partial charge on any atom is -0.408 e. The summed E-state index contributed by atoms with van der Waals surface area (Å²) in [5.41, 5.74) is 12.4. The maximum atomic E-state index is 11.6. The molecule has 1 atom stereocenters. The van der Waals surface area contributed by atoms with Crippen LogP contribution in [0, 0.1) is 5.92 Å². The molecule has 1 aromatic carbocycles. The number of amides is 1. The minimum atomic E-state index is -0.515. The Morgan fingerprint density at radius 3 is 2.88 bits per heavy atom. The zero-order chi connectivity index (χ0) is 12.6. The van der Waals surface area contributed by atoms with Gasteiger partial charge in [-0.15, -0.1) is 0 Å². The van der Waals surface area contributed by atoms with Gasteiger partial charge in [-0.1, -0.05) is 6.92 Å². The highest BCUT2D eigenvalue weighted by Gasteiger charge is 2.15. The molecular formula is C11H13N3O3. The molecule has 4 N–H and O–H groups in total. The Morgan fingerprint density at radius 2 is 2.24 bits per heavy atom. The number of rotatable bonds is 3. The molecule has 0 aliphatic heterocycles. The molecule has 0 spiro atoms. The summed E-state index contributed by atoms with van der Waals surface area (Å²) in [5, 5.41) is 0. The van der Waals surface area contributed by atoms with Crippen molar-refractivity contribution in [2.75, 3.05) is 5.73 Å². The van der Waals surface area contributed by atoms with Crippen molar-refractivity contribution in [2.45, 2.75) is 13.5 Å². The molecule has 0 aliphatic carbocycles. The number of anilines is 1. The van der Waals surface area contributed by atoms with E-state index in [1.165, 1.54) is 4.57 Å². The summed E-state index contributed by atoms with van der Waals surface area (Å²) in [6.07, 6.45) is 0. The van der Waals surface area contributed by atoms with Gasteiger partial charge in [-0.3, -0.25) is 9.36 Å². The molecule has 1 aromatic heterocycles. The number of benzene rings is 1. The smallest absolute Gasteiger partial charge is 0.408 e. The molecule has 2 rings (SSSR count). The van der Waals surface area contributed by atoms with E-state index in [0.717, 1.165) is 0 Å². The molecule has 6 heteroatoms. The van der Waals surface area contributed by atoms with Crippen molar-refractivity contribution in [3.05, 3.63) is 28.7 Å². The summed E-state index contributed by atoms with van der Waals surface area (Å²) in [4.78, 5) is 22.6. The summed E-state index contributed by atoms with van der Waals surface area (Å²) in [6, 6.07) is 4.90. The molecule has 0 fully saturated rings. The van der Waals surface area contributed by atoms with Crippen LogP contribution in [0.3, 0.4) is 0 Å². The number of nitrogens with zero attached hydrogens (tertiary/aromatic N) is 1. The lowest BCUT2D eigenvalue weighted by Gasteiger charge is -2.07. The van der Waals surface area contributed by atoms with E-state index in [1.54, 1.807) is 25.1 Å². The van der Waals surface area contributed by atoms with Crippen molar-refractivity contribution in [1.29, 1.82) is 0 Å². The predicted molar refractivity (Wildman–Crippen MR) is 63.2 cm³/mol. The lowest BCUT2D eigenvalue weighted by Crippen LogP contribution is -2.28. The van der Waals surface area contributed by atoms with Gasteiger partial charge in [0.2, 0.25) is 5.91 Å². The molecule has 17 heavy (non-hydrogen) atoms. The van der Waals surface area contributed by atoms with E-state index in [2.05, 4.69) is 0 Å². The van der Waals surface area contributed by atoms with Crippen LogP contribution in [0.5, 0.6) is 0 Å². The fourth-order valence-electron chi connectivity index (χ4n) is 1.62. The standard InChI is InChI=1S/C11H13N3O3/c1-6(10(13)15)5-14-8-4-7(12)2-3-9(8)17-11(14)16/h2-4,6H,5,12H2,1H3,(H2,13,15). The van der Waals surface area contributed by atoms with E-state index in [-0.39, 0.29) is 6.54 Å². The quantitative estimate of drug-likeness (QED) is 0.746. The molecule has 1 amide bonds. The van der Waals surface area contributed by atoms with E-state index >= 15 is 0 Å². The Labute approximate surface area is 96.8 Å². The van der Waals surface area contributed by atoms with Crippen molar-refractivity contribution in [2.24, 2.45) is 11.7 Å². The molecular weight excluding hydrogens is 222 g/mol. The lowest BCUT2D eigenvalue weighted by atomic mass is 10.1. The number of oxazole rings is 1. The van der Waals surface area contributed by atoms with E-state index in [1.807, 2.05) is 0 Å². The summed E-state index contributed by atoms with van der Waals surface area (Å²) >= 11 is 0. The third-order valence-corrected chi connectivity index (χ3v) is 2.63. The van der Waals surface area contributed by atoms with E-state index < -0.39 is 17.6 Å². The SMILES string of the molecule is CC(Cn1c(=O)oc2ccc(N)cc21)C(N)=O. The fourth-order valence-corrected chi connectivity index (χ4v) is 1.62. The van der Waals surface area contributed by atoms with Crippen molar-refractivity contribution in [3.63, 3.8) is 0 Å². The average molecular weight is 235 g/mol. The molecule has 2 aromatic rings. The number of hydrogen-bond donors (Lipinski definition) is 2. The van der Waals surface area contributed by atoms with Crippen LogP contribution in [0.2, 0.25) is 0 Å². The van der Waals surface area contributed by atoms with Crippen LogP contribution < -0.4 is 17.2 Å². The van der Waals surface area contributed by atoms with E-state index in [9.17, 15) is 9.59 Å². The van der Waals surface area contributed by atoms with Crippen molar-refractivity contribution >= 4 is 22.7 Å². The first kappa shape index (κ1) is 11.3. The second kappa shape index (κ2) is 3.97. The largest absolute Gasteiger partial charge is 0.419 e. The number of primary amides is 1. The second-order valence-corrected chi connectivity index (χ2v) is 4.01. The first-order chi connectivity index (χ1) is 7.99. The highest BCUT2D eigenvalue weighted by molar-refractivity contribution is 5.78. The number of carbonyl (C=O) groups excluding carboxylic acids is 1. The Kier molecular flexibility index (Phi) is 2.63. The van der Waals surface area contributed by atoms with Crippen LogP contribution in [-0.2, 0) is 11.3 Å². The third kappa shape index (κ3) is 2.01. The number of nitrogen functional groups attached to an aromatic ring is 1. The number of fused-ring (bicyclic) bond motifs is 1. The molecule has 90 valence electrons. The first-order valence-corrected chi connectivity index (χ1v) is 5.17. The van der Waals surface area contributed by atoms with Crippen LogP contribution >= 0.6 is 0 Å². The number of nitrogens with two attached hydrogens (primary N) is 2. The van der Waals surface area contributed by atoms with Crippen LogP contribution in [0.15, 0.2) is 27.4 Å². The topological polar surface area (TPSA) is 104 Å². The molecule has 6 nitrogen and oxygen atoms in total.